The Hall–Kier alpha value is -0.960. The van der Waals surface area contributed by atoms with Crippen LogP contribution in [0, 0.1) is 6.92 Å². The van der Waals surface area contributed by atoms with Crippen molar-refractivity contribution < 1.29 is 17.9 Å². The molecule has 1 spiro atoms. The largest absolute Gasteiger partial charge is 0.346 e. The molecule has 2 aliphatic heterocycles. The van der Waals surface area contributed by atoms with Crippen LogP contribution in [0.1, 0.15) is 25.6 Å². The maximum absolute atomic E-state index is 12.7. The second kappa shape index (κ2) is 5.35. The molecular formula is C13H21N3O4S. The maximum Gasteiger partial charge on any atom is 0.262 e. The Kier molecular flexibility index (Phi) is 3.81. The van der Waals surface area contributed by atoms with E-state index in [0.717, 1.165) is 12.8 Å². The lowest BCUT2D eigenvalue weighted by Gasteiger charge is -2.37. The summed E-state index contributed by atoms with van der Waals surface area (Å²) in [6.45, 7) is 6.24. The molecule has 3 rings (SSSR count). The highest BCUT2D eigenvalue weighted by molar-refractivity contribution is 7.89. The summed E-state index contributed by atoms with van der Waals surface area (Å²) in [4.78, 5) is 4.20. The number of hydrogen-bond donors (Lipinski definition) is 0. The van der Waals surface area contributed by atoms with E-state index in [1.54, 1.807) is 6.20 Å². The number of sulfonamides is 1. The van der Waals surface area contributed by atoms with Crippen LogP contribution in [0.2, 0.25) is 0 Å². The SMILES string of the molecule is CCn1cc(S(=O)(=O)N2CCCC3(C2)OCCO3)nc1C. The summed E-state index contributed by atoms with van der Waals surface area (Å²) < 4.78 is 40.0. The lowest BCUT2D eigenvalue weighted by Crippen LogP contribution is -2.50. The zero-order valence-corrected chi connectivity index (χ0v) is 13.2. The predicted octanol–water partition coefficient (Wildman–Crippen LogP) is 0.739. The second-order valence-electron chi connectivity index (χ2n) is 5.46. The molecule has 8 heteroatoms. The summed E-state index contributed by atoms with van der Waals surface area (Å²) >= 11 is 0. The highest BCUT2D eigenvalue weighted by Crippen LogP contribution is 2.32. The number of imidazole rings is 1. The third-order valence-electron chi connectivity index (χ3n) is 4.09. The third-order valence-corrected chi connectivity index (χ3v) is 5.81. The minimum Gasteiger partial charge on any atom is -0.346 e. The number of hydrogen-bond acceptors (Lipinski definition) is 5. The highest BCUT2D eigenvalue weighted by Gasteiger charge is 2.44. The fraction of sp³-hybridized carbons (Fsp3) is 0.769. The van der Waals surface area contributed by atoms with Crippen molar-refractivity contribution in [3.8, 4) is 0 Å². The summed E-state index contributed by atoms with van der Waals surface area (Å²) in [6, 6.07) is 0. The van der Waals surface area contributed by atoms with Gasteiger partial charge in [0, 0.05) is 25.7 Å². The molecule has 0 saturated carbocycles. The normalized spacial score (nSPS) is 23.0. The van der Waals surface area contributed by atoms with E-state index in [-0.39, 0.29) is 11.6 Å². The average molecular weight is 315 g/mol. The van der Waals surface area contributed by atoms with Crippen molar-refractivity contribution in [3.05, 3.63) is 12.0 Å². The molecule has 0 aliphatic carbocycles. The van der Waals surface area contributed by atoms with Crippen LogP contribution in [-0.4, -0.2) is 54.4 Å². The summed E-state index contributed by atoms with van der Waals surface area (Å²) in [7, 11) is -3.60. The first-order valence-electron chi connectivity index (χ1n) is 7.29. The summed E-state index contributed by atoms with van der Waals surface area (Å²) in [5.74, 6) is -0.0515. The van der Waals surface area contributed by atoms with Crippen molar-refractivity contribution in [2.24, 2.45) is 0 Å². The fourth-order valence-electron chi connectivity index (χ4n) is 2.95. The molecule has 21 heavy (non-hydrogen) atoms. The molecule has 1 aromatic rings. The zero-order valence-electron chi connectivity index (χ0n) is 12.4. The predicted molar refractivity (Wildman–Crippen MR) is 75.3 cm³/mol. The number of aromatic nitrogens is 2. The van der Waals surface area contributed by atoms with Crippen molar-refractivity contribution in [1.82, 2.24) is 13.9 Å². The van der Waals surface area contributed by atoms with E-state index in [1.165, 1.54) is 4.31 Å². The van der Waals surface area contributed by atoms with Gasteiger partial charge in [-0.25, -0.2) is 13.4 Å². The summed E-state index contributed by atoms with van der Waals surface area (Å²) in [5, 5.41) is 0.108. The molecule has 7 nitrogen and oxygen atoms in total. The van der Waals surface area contributed by atoms with E-state index in [2.05, 4.69) is 4.98 Å². The van der Waals surface area contributed by atoms with Crippen LogP contribution in [-0.2, 0) is 26.0 Å². The first-order valence-corrected chi connectivity index (χ1v) is 8.73. The first kappa shape index (κ1) is 15.0. The number of rotatable bonds is 3. The second-order valence-corrected chi connectivity index (χ2v) is 7.35. The van der Waals surface area contributed by atoms with Gasteiger partial charge in [-0.1, -0.05) is 0 Å². The van der Waals surface area contributed by atoms with Crippen molar-refractivity contribution in [1.29, 1.82) is 0 Å². The monoisotopic (exact) mass is 315 g/mol. The van der Waals surface area contributed by atoms with Gasteiger partial charge >= 0.3 is 0 Å². The minimum atomic E-state index is -3.60. The van der Waals surface area contributed by atoms with E-state index in [4.69, 9.17) is 9.47 Å². The minimum absolute atomic E-state index is 0.108. The molecule has 0 amide bonds. The Labute approximate surface area is 124 Å². The molecule has 118 valence electrons. The summed E-state index contributed by atoms with van der Waals surface area (Å²) in [6.07, 6.45) is 3.07. The van der Waals surface area contributed by atoms with Gasteiger partial charge in [-0.15, -0.1) is 0 Å². The molecule has 2 fully saturated rings. The summed E-state index contributed by atoms with van der Waals surface area (Å²) in [5.41, 5.74) is 0. The van der Waals surface area contributed by atoms with Crippen molar-refractivity contribution in [3.63, 3.8) is 0 Å². The van der Waals surface area contributed by atoms with Crippen LogP contribution < -0.4 is 0 Å². The fourth-order valence-corrected chi connectivity index (χ4v) is 4.45. The first-order chi connectivity index (χ1) is 9.97. The Morgan fingerprint density at radius 3 is 2.71 bits per heavy atom. The lowest BCUT2D eigenvalue weighted by atomic mass is 10.1. The van der Waals surface area contributed by atoms with Crippen molar-refractivity contribution in [2.75, 3.05) is 26.3 Å². The van der Waals surface area contributed by atoms with Gasteiger partial charge in [-0.2, -0.15) is 4.31 Å². The van der Waals surface area contributed by atoms with Crippen LogP contribution in [0.5, 0.6) is 0 Å². The van der Waals surface area contributed by atoms with Gasteiger partial charge in [0.25, 0.3) is 10.0 Å². The van der Waals surface area contributed by atoms with Gasteiger partial charge in [-0.05, 0) is 20.3 Å². The Morgan fingerprint density at radius 1 is 1.38 bits per heavy atom. The van der Waals surface area contributed by atoms with Gasteiger partial charge in [0.1, 0.15) is 5.82 Å². The molecule has 2 aliphatic rings. The van der Waals surface area contributed by atoms with Crippen LogP contribution >= 0.6 is 0 Å². The quantitative estimate of drug-likeness (QED) is 0.822. The van der Waals surface area contributed by atoms with Gasteiger partial charge in [0.15, 0.2) is 10.8 Å². The van der Waals surface area contributed by atoms with Gasteiger partial charge in [-0.3, -0.25) is 0 Å². The Bertz CT molecular complexity index is 619. The topological polar surface area (TPSA) is 73.7 Å². The molecular weight excluding hydrogens is 294 g/mol. The van der Waals surface area contributed by atoms with Gasteiger partial charge in [0.2, 0.25) is 0 Å². The maximum atomic E-state index is 12.7. The Morgan fingerprint density at radius 2 is 2.10 bits per heavy atom. The van der Waals surface area contributed by atoms with Crippen molar-refractivity contribution in [2.45, 2.75) is 44.0 Å². The Balaban J connectivity index is 1.86. The van der Waals surface area contributed by atoms with Crippen LogP contribution in [0.3, 0.4) is 0 Å². The molecule has 1 aromatic heterocycles. The third kappa shape index (κ3) is 2.61. The molecule has 3 heterocycles. The number of nitrogens with zero attached hydrogens (tertiary/aromatic N) is 3. The molecule has 0 unspecified atom stereocenters. The standard InChI is InChI=1S/C13H21N3O4S/c1-3-15-9-12(14-11(15)2)21(17,18)16-6-4-5-13(10-16)19-7-8-20-13/h9H,3-8,10H2,1-2H3. The van der Waals surface area contributed by atoms with Crippen LogP contribution in [0.15, 0.2) is 11.2 Å². The number of aryl methyl sites for hydroxylation is 2. The van der Waals surface area contributed by atoms with E-state index in [0.29, 0.717) is 32.1 Å². The average Bonchev–Trinajstić information content (AvgIpc) is 3.06. The molecule has 0 radical (unpaired) electrons. The molecule has 0 N–H and O–H groups in total. The van der Waals surface area contributed by atoms with E-state index in [1.807, 2.05) is 18.4 Å². The highest BCUT2D eigenvalue weighted by atomic mass is 32.2. The smallest absolute Gasteiger partial charge is 0.262 e. The van der Waals surface area contributed by atoms with E-state index in [9.17, 15) is 8.42 Å². The number of ether oxygens (including phenoxy) is 2. The van der Waals surface area contributed by atoms with Crippen LogP contribution in [0.25, 0.3) is 0 Å². The van der Waals surface area contributed by atoms with E-state index < -0.39 is 15.8 Å². The zero-order chi connectivity index (χ0) is 15.1. The molecule has 0 atom stereocenters. The van der Waals surface area contributed by atoms with Gasteiger partial charge < -0.3 is 14.0 Å². The van der Waals surface area contributed by atoms with Crippen LogP contribution in [0.4, 0.5) is 0 Å². The van der Waals surface area contributed by atoms with E-state index >= 15 is 0 Å². The number of piperidine rings is 1. The molecule has 0 bridgehead atoms. The lowest BCUT2D eigenvalue weighted by molar-refractivity contribution is -0.179. The van der Waals surface area contributed by atoms with Crippen molar-refractivity contribution >= 4 is 10.0 Å². The molecule has 2 saturated heterocycles. The van der Waals surface area contributed by atoms with Gasteiger partial charge in [0.05, 0.1) is 19.8 Å². The molecule has 0 aromatic carbocycles.